The second-order valence-corrected chi connectivity index (χ2v) is 5.61. The molecule has 0 spiro atoms. The molecule has 0 unspecified atom stereocenters. The number of oxime groups is 1. The fourth-order valence-electron chi connectivity index (χ4n) is 2.58. The molecule has 1 aliphatic rings. The van der Waals surface area contributed by atoms with Gasteiger partial charge in [-0.3, -0.25) is 4.79 Å². The predicted octanol–water partition coefficient (Wildman–Crippen LogP) is 1.61. The van der Waals surface area contributed by atoms with Crippen molar-refractivity contribution in [2.45, 2.75) is 38.1 Å². The Labute approximate surface area is 124 Å². The number of amidine groups is 1. The molecule has 1 aromatic carbocycles. The summed E-state index contributed by atoms with van der Waals surface area (Å²) in [6.45, 7) is 2.06. The molecule has 1 fully saturated rings. The molecular formula is C15H21N3O3. The van der Waals surface area contributed by atoms with Gasteiger partial charge in [-0.25, -0.2) is 0 Å². The number of nitrogens with zero attached hydrogens (tertiary/aromatic N) is 1. The molecule has 0 aromatic heterocycles. The summed E-state index contributed by atoms with van der Waals surface area (Å²) >= 11 is 0. The summed E-state index contributed by atoms with van der Waals surface area (Å²) < 4.78 is 5.44. The molecule has 0 atom stereocenters. The van der Waals surface area contributed by atoms with Gasteiger partial charge in [0.2, 0.25) is 0 Å². The summed E-state index contributed by atoms with van der Waals surface area (Å²) in [6, 6.07) is 6.69. The summed E-state index contributed by atoms with van der Waals surface area (Å²) in [5, 5.41) is 14.5. The molecule has 21 heavy (non-hydrogen) atoms. The van der Waals surface area contributed by atoms with Crippen molar-refractivity contribution in [3.63, 3.8) is 0 Å². The largest absolute Gasteiger partial charge is 0.484 e. The number of carbonyl (C=O) groups is 1. The topological polar surface area (TPSA) is 96.9 Å². The number of amides is 1. The minimum absolute atomic E-state index is 0.0154. The highest BCUT2D eigenvalue weighted by atomic mass is 16.5. The number of hydrogen-bond donors (Lipinski definition) is 3. The lowest BCUT2D eigenvalue weighted by Gasteiger charge is -2.25. The van der Waals surface area contributed by atoms with Crippen LogP contribution in [0.3, 0.4) is 0 Å². The molecule has 6 heteroatoms. The van der Waals surface area contributed by atoms with E-state index < -0.39 is 0 Å². The molecular weight excluding hydrogens is 270 g/mol. The lowest BCUT2D eigenvalue weighted by atomic mass is 10.0. The Bertz CT molecular complexity index is 519. The third kappa shape index (κ3) is 4.11. The minimum Gasteiger partial charge on any atom is -0.484 e. The summed E-state index contributed by atoms with van der Waals surface area (Å²) in [7, 11) is 0. The SMILES string of the molecule is CC1(NC(=O)COc2ccc(C(N)=NO)cc2)CCCC1. The smallest absolute Gasteiger partial charge is 0.258 e. The van der Waals surface area contributed by atoms with E-state index in [4.69, 9.17) is 15.7 Å². The molecule has 4 N–H and O–H groups in total. The summed E-state index contributed by atoms with van der Waals surface area (Å²) in [4.78, 5) is 11.9. The molecule has 1 amide bonds. The first kappa shape index (κ1) is 15.2. The highest BCUT2D eigenvalue weighted by Crippen LogP contribution is 2.28. The van der Waals surface area contributed by atoms with Crippen LogP contribution in [0.5, 0.6) is 5.75 Å². The van der Waals surface area contributed by atoms with Gasteiger partial charge in [-0.2, -0.15) is 0 Å². The highest BCUT2D eigenvalue weighted by Gasteiger charge is 2.29. The molecule has 0 heterocycles. The van der Waals surface area contributed by atoms with Crippen LogP contribution in [0.1, 0.15) is 38.2 Å². The van der Waals surface area contributed by atoms with Gasteiger partial charge in [-0.05, 0) is 44.0 Å². The normalized spacial score (nSPS) is 17.5. The molecule has 114 valence electrons. The monoisotopic (exact) mass is 291 g/mol. The van der Waals surface area contributed by atoms with Crippen molar-refractivity contribution >= 4 is 11.7 Å². The Morgan fingerprint density at radius 1 is 1.38 bits per heavy atom. The number of hydrogen-bond acceptors (Lipinski definition) is 4. The van der Waals surface area contributed by atoms with Gasteiger partial charge >= 0.3 is 0 Å². The number of nitrogens with one attached hydrogen (secondary N) is 1. The summed E-state index contributed by atoms with van der Waals surface area (Å²) in [5.41, 5.74) is 5.97. The zero-order chi connectivity index (χ0) is 15.3. The average Bonchev–Trinajstić information content (AvgIpc) is 2.91. The molecule has 0 aliphatic heterocycles. The third-order valence-corrected chi connectivity index (χ3v) is 3.78. The molecule has 1 saturated carbocycles. The van der Waals surface area contributed by atoms with Crippen LogP contribution in [0.15, 0.2) is 29.4 Å². The second kappa shape index (κ2) is 6.47. The molecule has 2 rings (SSSR count). The zero-order valence-corrected chi connectivity index (χ0v) is 12.1. The first-order valence-corrected chi connectivity index (χ1v) is 7.04. The highest BCUT2D eigenvalue weighted by molar-refractivity contribution is 5.97. The van der Waals surface area contributed by atoms with Crippen molar-refractivity contribution in [3.8, 4) is 5.75 Å². The van der Waals surface area contributed by atoms with E-state index in [9.17, 15) is 4.79 Å². The van der Waals surface area contributed by atoms with Gasteiger partial charge in [-0.15, -0.1) is 0 Å². The fraction of sp³-hybridized carbons (Fsp3) is 0.467. The first-order chi connectivity index (χ1) is 10.0. The molecule has 6 nitrogen and oxygen atoms in total. The Morgan fingerprint density at radius 3 is 2.57 bits per heavy atom. The van der Waals surface area contributed by atoms with Crippen LogP contribution in [0, 0.1) is 0 Å². The summed E-state index contributed by atoms with van der Waals surface area (Å²) in [6.07, 6.45) is 4.36. The van der Waals surface area contributed by atoms with Crippen LogP contribution in [0.4, 0.5) is 0 Å². The van der Waals surface area contributed by atoms with Crippen molar-refractivity contribution < 1.29 is 14.7 Å². The van der Waals surface area contributed by atoms with Gasteiger partial charge in [0.15, 0.2) is 12.4 Å². The molecule has 1 aliphatic carbocycles. The Kier molecular flexibility index (Phi) is 4.67. The maximum absolute atomic E-state index is 11.9. The van der Waals surface area contributed by atoms with Crippen molar-refractivity contribution in [2.75, 3.05) is 6.61 Å². The zero-order valence-electron chi connectivity index (χ0n) is 12.1. The van der Waals surface area contributed by atoms with Gasteiger partial charge in [0.05, 0.1) is 0 Å². The van der Waals surface area contributed by atoms with E-state index in [0.29, 0.717) is 11.3 Å². The van der Waals surface area contributed by atoms with Gasteiger partial charge in [0.1, 0.15) is 5.75 Å². The first-order valence-electron chi connectivity index (χ1n) is 7.04. The third-order valence-electron chi connectivity index (χ3n) is 3.78. The fourth-order valence-corrected chi connectivity index (χ4v) is 2.58. The van der Waals surface area contributed by atoms with Crippen molar-refractivity contribution in [1.82, 2.24) is 5.32 Å². The Hall–Kier alpha value is -2.24. The number of ether oxygens (including phenoxy) is 1. The van der Waals surface area contributed by atoms with Gasteiger partial charge in [0, 0.05) is 11.1 Å². The van der Waals surface area contributed by atoms with E-state index >= 15 is 0 Å². The minimum atomic E-state index is -0.111. The van der Waals surface area contributed by atoms with E-state index in [1.165, 1.54) is 0 Å². The van der Waals surface area contributed by atoms with Crippen LogP contribution < -0.4 is 15.8 Å². The van der Waals surface area contributed by atoms with E-state index in [-0.39, 0.29) is 23.9 Å². The quantitative estimate of drug-likeness (QED) is 0.332. The predicted molar refractivity (Wildman–Crippen MR) is 79.5 cm³/mol. The molecule has 1 aromatic rings. The lowest BCUT2D eigenvalue weighted by Crippen LogP contribution is -2.45. The van der Waals surface area contributed by atoms with Crippen molar-refractivity contribution in [2.24, 2.45) is 10.9 Å². The Balaban J connectivity index is 1.84. The van der Waals surface area contributed by atoms with Crippen molar-refractivity contribution in [3.05, 3.63) is 29.8 Å². The van der Waals surface area contributed by atoms with E-state index in [2.05, 4.69) is 17.4 Å². The summed E-state index contributed by atoms with van der Waals surface area (Å²) in [5.74, 6) is 0.490. The molecule has 0 radical (unpaired) electrons. The molecule has 0 saturated heterocycles. The number of rotatable bonds is 5. The average molecular weight is 291 g/mol. The number of nitrogens with two attached hydrogens (primary N) is 1. The van der Waals surface area contributed by atoms with Crippen molar-refractivity contribution in [1.29, 1.82) is 0 Å². The van der Waals surface area contributed by atoms with E-state index in [1.54, 1.807) is 24.3 Å². The number of benzene rings is 1. The van der Waals surface area contributed by atoms with Gasteiger partial charge in [0.25, 0.3) is 5.91 Å². The van der Waals surface area contributed by atoms with E-state index in [1.807, 2.05) is 0 Å². The second-order valence-electron chi connectivity index (χ2n) is 5.61. The van der Waals surface area contributed by atoms with Crippen LogP contribution in [0.25, 0.3) is 0 Å². The molecule has 0 bridgehead atoms. The lowest BCUT2D eigenvalue weighted by molar-refractivity contribution is -0.124. The van der Waals surface area contributed by atoms with Crippen LogP contribution in [-0.2, 0) is 4.79 Å². The maximum Gasteiger partial charge on any atom is 0.258 e. The Morgan fingerprint density at radius 2 is 2.00 bits per heavy atom. The van der Waals surface area contributed by atoms with Crippen LogP contribution in [-0.4, -0.2) is 29.1 Å². The maximum atomic E-state index is 11.9. The standard InChI is InChI=1S/C15H21N3O3/c1-15(8-2-3-9-15)17-13(19)10-21-12-6-4-11(5-7-12)14(16)18-20/h4-7,20H,2-3,8-10H2,1H3,(H2,16,18)(H,17,19). The van der Waals surface area contributed by atoms with E-state index in [0.717, 1.165) is 25.7 Å². The van der Waals surface area contributed by atoms with Crippen LogP contribution in [0.2, 0.25) is 0 Å². The van der Waals surface area contributed by atoms with Gasteiger partial charge < -0.3 is 21.0 Å². The number of carbonyl (C=O) groups excluding carboxylic acids is 1. The van der Waals surface area contributed by atoms with Gasteiger partial charge in [-0.1, -0.05) is 18.0 Å². The van der Waals surface area contributed by atoms with Crippen LogP contribution >= 0.6 is 0 Å².